The molecule has 3 rings (SSSR count). The Kier molecular flexibility index (Phi) is 5.33. The van der Waals surface area contributed by atoms with Crippen molar-refractivity contribution in [1.29, 1.82) is 0 Å². The number of para-hydroxylation sites is 1. The van der Waals surface area contributed by atoms with Crippen molar-refractivity contribution >= 4 is 21.7 Å². The Morgan fingerprint density at radius 3 is 2.78 bits per heavy atom. The number of ether oxygens (including phenoxy) is 3. The van der Waals surface area contributed by atoms with E-state index in [0.717, 1.165) is 10.6 Å². The lowest BCUT2D eigenvalue weighted by atomic mass is 10.1. The van der Waals surface area contributed by atoms with Gasteiger partial charge in [0.25, 0.3) is 0 Å². The number of benzene rings is 2. The molecular weight excluding hydrogens is 377 g/mol. The molecule has 9 heteroatoms. The standard InChI is InChI=1S/C18H18FNO6S/c1-20(27(2,22)23)16-6-4-3-5-15(16)18(21)25-10-13-8-14(19)7-12-9-24-11-26-17(12)13/h3-8H,9-11H2,1-2H3. The van der Waals surface area contributed by atoms with Gasteiger partial charge in [-0.25, -0.2) is 17.6 Å². The molecule has 0 aliphatic carbocycles. The zero-order valence-electron chi connectivity index (χ0n) is 14.8. The fourth-order valence-corrected chi connectivity index (χ4v) is 3.20. The third kappa shape index (κ3) is 4.20. The van der Waals surface area contributed by atoms with Gasteiger partial charge in [-0.05, 0) is 24.3 Å². The Morgan fingerprint density at radius 1 is 1.30 bits per heavy atom. The molecule has 27 heavy (non-hydrogen) atoms. The van der Waals surface area contributed by atoms with Crippen molar-refractivity contribution in [2.24, 2.45) is 0 Å². The van der Waals surface area contributed by atoms with E-state index >= 15 is 0 Å². The van der Waals surface area contributed by atoms with Crippen molar-refractivity contribution < 1.29 is 31.8 Å². The van der Waals surface area contributed by atoms with Crippen LogP contribution in [0.3, 0.4) is 0 Å². The van der Waals surface area contributed by atoms with Crippen LogP contribution in [-0.4, -0.2) is 34.5 Å². The van der Waals surface area contributed by atoms with Gasteiger partial charge in [0, 0.05) is 18.2 Å². The van der Waals surface area contributed by atoms with Gasteiger partial charge in [0.2, 0.25) is 10.0 Å². The second-order valence-corrected chi connectivity index (χ2v) is 8.00. The molecule has 7 nitrogen and oxygen atoms in total. The first kappa shape index (κ1) is 19.1. The number of fused-ring (bicyclic) bond motifs is 1. The summed E-state index contributed by atoms with van der Waals surface area (Å²) in [4.78, 5) is 12.5. The average Bonchev–Trinajstić information content (AvgIpc) is 2.64. The summed E-state index contributed by atoms with van der Waals surface area (Å²) in [5, 5.41) is 0. The molecule has 0 radical (unpaired) electrons. The number of hydrogen-bond donors (Lipinski definition) is 0. The minimum atomic E-state index is -3.55. The van der Waals surface area contributed by atoms with Crippen LogP contribution in [-0.2, 0) is 32.7 Å². The van der Waals surface area contributed by atoms with Crippen LogP contribution in [0.2, 0.25) is 0 Å². The van der Waals surface area contributed by atoms with Crippen molar-refractivity contribution in [1.82, 2.24) is 0 Å². The highest BCUT2D eigenvalue weighted by atomic mass is 32.2. The van der Waals surface area contributed by atoms with E-state index in [2.05, 4.69) is 0 Å². The molecule has 1 heterocycles. The molecule has 2 aromatic carbocycles. The molecule has 144 valence electrons. The fourth-order valence-electron chi connectivity index (χ4n) is 2.68. The maximum atomic E-state index is 13.8. The largest absolute Gasteiger partial charge is 0.467 e. The summed E-state index contributed by atoms with van der Waals surface area (Å²) < 4.78 is 54.1. The van der Waals surface area contributed by atoms with E-state index in [4.69, 9.17) is 14.2 Å². The monoisotopic (exact) mass is 395 g/mol. The van der Waals surface area contributed by atoms with Crippen LogP contribution < -0.4 is 9.04 Å². The Hall–Kier alpha value is -2.65. The molecule has 0 saturated carbocycles. The molecule has 1 aliphatic heterocycles. The van der Waals surface area contributed by atoms with Crippen molar-refractivity contribution in [2.75, 3.05) is 24.4 Å². The number of halogens is 1. The maximum absolute atomic E-state index is 13.8. The normalized spacial score (nSPS) is 13.4. The Balaban J connectivity index is 1.83. The van der Waals surface area contributed by atoms with Gasteiger partial charge in [-0.3, -0.25) is 4.31 Å². The number of carbonyl (C=O) groups excluding carboxylic acids is 1. The number of carbonyl (C=O) groups is 1. The highest BCUT2D eigenvalue weighted by Gasteiger charge is 2.22. The quantitative estimate of drug-likeness (QED) is 0.724. The molecule has 0 spiro atoms. The minimum Gasteiger partial charge on any atom is -0.467 e. The van der Waals surface area contributed by atoms with Gasteiger partial charge in [0.05, 0.1) is 24.1 Å². The van der Waals surface area contributed by atoms with Gasteiger partial charge in [-0.15, -0.1) is 0 Å². The number of sulfonamides is 1. The molecule has 0 atom stereocenters. The molecule has 0 N–H and O–H groups in total. The molecule has 0 aromatic heterocycles. The molecular formula is C18H18FNO6S. The molecule has 0 amide bonds. The third-order valence-corrected chi connectivity index (χ3v) is 5.26. The number of anilines is 1. The summed E-state index contributed by atoms with van der Waals surface area (Å²) in [6, 6.07) is 8.71. The molecule has 1 aliphatic rings. The van der Waals surface area contributed by atoms with Crippen LogP contribution >= 0.6 is 0 Å². The lowest BCUT2D eigenvalue weighted by molar-refractivity contribution is -0.0182. The van der Waals surface area contributed by atoms with Crippen molar-refractivity contribution in [3.8, 4) is 5.75 Å². The lowest BCUT2D eigenvalue weighted by Gasteiger charge is -2.21. The molecule has 0 unspecified atom stereocenters. The highest BCUT2D eigenvalue weighted by Crippen LogP contribution is 2.30. The fraction of sp³-hybridized carbons (Fsp3) is 0.278. The Morgan fingerprint density at radius 2 is 2.04 bits per heavy atom. The summed E-state index contributed by atoms with van der Waals surface area (Å²) in [5.41, 5.74) is 1.18. The van der Waals surface area contributed by atoms with E-state index in [1.807, 2.05) is 0 Å². The van der Waals surface area contributed by atoms with Crippen molar-refractivity contribution in [3.63, 3.8) is 0 Å². The second kappa shape index (κ2) is 7.53. The summed E-state index contributed by atoms with van der Waals surface area (Å²) in [7, 11) is -2.21. The van der Waals surface area contributed by atoms with Gasteiger partial charge in [-0.2, -0.15) is 0 Å². The number of esters is 1. The molecule has 0 fully saturated rings. The van der Waals surface area contributed by atoms with Crippen LogP contribution in [0.4, 0.5) is 10.1 Å². The van der Waals surface area contributed by atoms with E-state index in [9.17, 15) is 17.6 Å². The van der Waals surface area contributed by atoms with E-state index in [1.165, 1.54) is 31.3 Å². The number of rotatable bonds is 5. The van der Waals surface area contributed by atoms with Crippen LogP contribution in [0.1, 0.15) is 21.5 Å². The minimum absolute atomic E-state index is 0.0293. The van der Waals surface area contributed by atoms with Gasteiger partial charge in [0.15, 0.2) is 6.79 Å². The van der Waals surface area contributed by atoms with Gasteiger partial charge in [0.1, 0.15) is 18.2 Å². The summed E-state index contributed by atoms with van der Waals surface area (Å²) in [6.07, 6.45) is 1.04. The second-order valence-electron chi connectivity index (χ2n) is 5.99. The van der Waals surface area contributed by atoms with Crippen molar-refractivity contribution in [3.05, 3.63) is 58.9 Å². The molecule has 0 saturated heterocycles. The third-order valence-electron chi connectivity index (χ3n) is 4.07. The van der Waals surface area contributed by atoms with Gasteiger partial charge >= 0.3 is 5.97 Å². The predicted octanol–water partition coefficient (Wildman–Crippen LogP) is 2.45. The first-order chi connectivity index (χ1) is 12.8. The van der Waals surface area contributed by atoms with Gasteiger partial charge in [-0.1, -0.05) is 12.1 Å². The number of hydrogen-bond acceptors (Lipinski definition) is 6. The predicted molar refractivity (Wildman–Crippen MR) is 95.5 cm³/mol. The van der Waals surface area contributed by atoms with E-state index in [-0.39, 0.29) is 31.3 Å². The van der Waals surface area contributed by atoms with Crippen LogP contribution in [0, 0.1) is 5.82 Å². The van der Waals surface area contributed by atoms with E-state index in [0.29, 0.717) is 16.9 Å². The van der Waals surface area contributed by atoms with Crippen LogP contribution in [0.5, 0.6) is 5.75 Å². The Bertz CT molecular complexity index is 976. The molecule has 2 aromatic rings. The Labute approximate surface area is 156 Å². The average molecular weight is 395 g/mol. The SMILES string of the molecule is CN(c1ccccc1C(=O)OCc1cc(F)cc2c1OCOC2)S(C)(=O)=O. The summed E-state index contributed by atoms with van der Waals surface area (Å²) >= 11 is 0. The smallest absolute Gasteiger partial charge is 0.340 e. The van der Waals surface area contributed by atoms with Gasteiger partial charge < -0.3 is 14.2 Å². The number of nitrogens with zero attached hydrogens (tertiary/aromatic N) is 1. The zero-order chi connectivity index (χ0) is 19.6. The highest BCUT2D eigenvalue weighted by molar-refractivity contribution is 7.92. The maximum Gasteiger partial charge on any atom is 0.340 e. The first-order valence-corrected chi connectivity index (χ1v) is 9.84. The molecule has 0 bridgehead atoms. The summed E-state index contributed by atoms with van der Waals surface area (Å²) in [6.45, 7) is 0.00738. The zero-order valence-corrected chi connectivity index (χ0v) is 15.6. The van der Waals surface area contributed by atoms with Crippen LogP contribution in [0.15, 0.2) is 36.4 Å². The van der Waals surface area contributed by atoms with Crippen molar-refractivity contribution in [2.45, 2.75) is 13.2 Å². The van der Waals surface area contributed by atoms with E-state index < -0.39 is 21.8 Å². The van der Waals surface area contributed by atoms with Crippen LogP contribution in [0.25, 0.3) is 0 Å². The topological polar surface area (TPSA) is 82.1 Å². The lowest BCUT2D eigenvalue weighted by Crippen LogP contribution is -2.27. The summed E-state index contributed by atoms with van der Waals surface area (Å²) in [5.74, 6) is -0.797. The van der Waals surface area contributed by atoms with E-state index in [1.54, 1.807) is 12.1 Å². The first-order valence-electron chi connectivity index (χ1n) is 7.99.